The van der Waals surface area contributed by atoms with E-state index in [9.17, 15) is 4.79 Å². The molecule has 1 aliphatic rings. The van der Waals surface area contributed by atoms with Crippen LogP contribution < -0.4 is 15.0 Å². The van der Waals surface area contributed by atoms with Gasteiger partial charge in [-0.2, -0.15) is 0 Å². The fourth-order valence-corrected chi connectivity index (χ4v) is 3.81. The summed E-state index contributed by atoms with van der Waals surface area (Å²) in [5, 5.41) is 3.06. The highest BCUT2D eigenvalue weighted by atomic mass is 16.5. The summed E-state index contributed by atoms with van der Waals surface area (Å²) in [4.78, 5) is 23.9. The van der Waals surface area contributed by atoms with Gasteiger partial charge >= 0.3 is 0 Å². The number of rotatable bonds is 5. The number of ether oxygens (including phenoxy) is 1. The molecule has 1 N–H and O–H groups in total. The predicted molar refractivity (Wildman–Crippen MR) is 119 cm³/mol. The summed E-state index contributed by atoms with van der Waals surface area (Å²) in [5.74, 6) is 1.66. The lowest BCUT2D eigenvalue weighted by Crippen LogP contribution is -2.41. The van der Waals surface area contributed by atoms with Crippen LogP contribution in [0.5, 0.6) is 5.75 Å². The van der Waals surface area contributed by atoms with Gasteiger partial charge in [-0.05, 0) is 61.7 Å². The Balaban J connectivity index is 1.47. The maximum absolute atomic E-state index is 12.8. The first-order valence-corrected chi connectivity index (χ1v) is 10.2. The minimum Gasteiger partial charge on any atom is -0.497 e. The van der Waals surface area contributed by atoms with E-state index in [4.69, 9.17) is 4.74 Å². The molecule has 6 nitrogen and oxygen atoms in total. The zero-order valence-electron chi connectivity index (χ0n) is 17.3. The molecule has 1 aromatic heterocycles. The molecule has 1 amide bonds. The molecule has 2 heterocycles. The topological polar surface area (TPSA) is 67.3 Å². The van der Waals surface area contributed by atoms with Gasteiger partial charge in [0.15, 0.2) is 0 Å². The number of amides is 1. The largest absolute Gasteiger partial charge is 0.497 e. The van der Waals surface area contributed by atoms with Gasteiger partial charge in [-0.15, -0.1) is 0 Å². The van der Waals surface area contributed by atoms with Gasteiger partial charge in [-0.3, -0.25) is 4.79 Å². The molecule has 1 saturated heterocycles. The van der Waals surface area contributed by atoms with E-state index in [1.54, 1.807) is 13.4 Å². The van der Waals surface area contributed by atoms with Crippen molar-refractivity contribution in [1.29, 1.82) is 0 Å². The van der Waals surface area contributed by atoms with Crippen molar-refractivity contribution in [2.24, 2.45) is 5.92 Å². The molecule has 0 spiro atoms. The summed E-state index contributed by atoms with van der Waals surface area (Å²) in [6, 6.07) is 17.7. The van der Waals surface area contributed by atoms with Crippen LogP contribution in [0.1, 0.15) is 18.4 Å². The molecule has 0 bridgehead atoms. The molecule has 2 aromatic carbocycles. The Morgan fingerprint density at radius 1 is 1.13 bits per heavy atom. The highest BCUT2D eigenvalue weighted by Gasteiger charge is 2.27. The fraction of sp³-hybridized carbons (Fsp3) is 0.292. The average molecular weight is 402 g/mol. The molecule has 3 aromatic rings. The van der Waals surface area contributed by atoms with Gasteiger partial charge in [0, 0.05) is 30.4 Å². The van der Waals surface area contributed by atoms with Gasteiger partial charge in [-0.1, -0.05) is 12.1 Å². The molecule has 0 radical (unpaired) electrons. The molecule has 0 saturated carbocycles. The van der Waals surface area contributed by atoms with Crippen molar-refractivity contribution in [2.45, 2.75) is 19.8 Å². The average Bonchev–Trinajstić information content (AvgIpc) is 2.79. The number of aromatic nitrogens is 2. The third kappa shape index (κ3) is 4.59. The molecular weight excluding hydrogens is 376 g/mol. The summed E-state index contributed by atoms with van der Waals surface area (Å²) < 4.78 is 5.23. The monoisotopic (exact) mass is 402 g/mol. The summed E-state index contributed by atoms with van der Waals surface area (Å²) in [5.41, 5.74) is 3.84. The van der Waals surface area contributed by atoms with Crippen LogP contribution in [0.4, 0.5) is 11.5 Å². The maximum atomic E-state index is 12.8. The summed E-state index contributed by atoms with van der Waals surface area (Å²) in [6.07, 6.45) is 3.42. The number of hydrogen-bond donors (Lipinski definition) is 1. The minimum atomic E-state index is -0.0707. The lowest BCUT2D eigenvalue weighted by Gasteiger charge is -2.33. The number of piperidine rings is 1. The molecule has 4 rings (SSSR count). The van der Waals surface area contributed by atoms with E-state index in [0.717, 1.165) is 53.5 Å². The Bertz CT molecular complexity index is 1020. The van der Waals surface area contributed by atoms with Crippen molar-refractivity contribution >= 4 is 17.4 Å². The quantitative estimate of drug-likeness (QED) is 0.689. The summed E-state index contributed by atoms with van der Waals surface area (Å²) in [6.45, 7) is 3.55. The third-order valence-electron chi connectivity index (χ3n) is 5.44. The lowest BCUT2D eigenvalue weighted by molar-refractivity contribution is -0.120. The molecule has 6 heteroatoms. The molecule has 0 aliphatic carbocycles. The van der Waals surface area contributed by atoms with Crippen LogP contribution in [0.2, 0.25) is 0 Å². The number of anilines is 2. The zero-order valence-corrected chi connectivity index (χ0v) is 17.3. The van der Waals surface area contributed by atoms with Crippen LogP contribution in [-0.2, 0) is 4.79 Å². The second kappa shape index (κ2) is 8.95. The maximum Gasteiger partial charge on any atom is 0.229 e. The second-order valence-corrected chi connectivity index (χ2v) is 7.63. The zero-order chi connectivity index (χ0) is 20.9. The highest BCUT2D eigenvalue weighted by Crippen LogP contribution is 2.27. The van der Waals surface area contributed by atoms with Crippen molar-refractivity contribution in [3.05, 3.63) is 66.5 Å². The van der Waals surface area contributed by atoms with E-state index in [2.05, 4.69) is 20.2 Å². The SMILES string of the molecule is COc1ccc(-c2cc(N3CCCC(C(=O)Nc4cccc(C)c4)C3)ncn2)cc1. The number of hydrogen-bond acceptors (Lipinski definition) is 5. The Labute approximate surface area is 176 Å². The van der Waals surface area contributed by atoms with E-state index in [0.29, 0.717) is 6.54 Å². The molecular formula is C24H26N4O2. The van der Waals surface area contributed by atoms with Crippen LogP contribution in [0, 0.1) is 12.8 Å². The Morgan fingerprint density at radius 3 is 2.73 bits per heavy atom. The summed E-state index contributed by atoms with van der Waals surface area (Å²) >= 11 is 0. The van der Waals surface area contributed by atoms with Gasteiger partial charge < -0.3 is 15.0 Å². The van der Waals surface area contributed by atoms with E-state index in [1.807, 2.05) is 61.5 Å². The fourth-order valence-electron chi connectivity index (χ4n) is 3.81. The van der Waals surface area contributed by atoms with Crippen LogP contribution in [0.25, 0.3) is 11.3 Å². The van der Waals surface area contributed by atoms with E-state index >= 15 is 0 Å². The molecule has 30 heavy (non-hydrogen) atoms. The molecule has 1 unspecified atom stereocenters. The van der Waals surface area contributed by atoms with Crippen molar-refractivity contribution in [3.8, 4) is 17.0 Å². The molecule has 154 valence electrons. The molecule has 1 atom stereocenters. The van der Waals surface area contributed by atoms with Gasteiger partial charge in [0.1, 0.15) is 17.9 Å². The number of nitrogens with zero attached hydrogens (tertiary/aromatic N) is 3. The standard InChI is InChI=1S/C24H26N4O2/c1-17-5-3-7-20(13-17)27-24(29)19-6-4-12-28(15-19)23-14-22(25-16-26-23)18-8-10-21(30-2)11-9-18/h3,5,7-11,13-14,16,19H,4,6,12,15H2,1-2H3,(H,27,29). The smallest absolute Gasteiger partial charge is 0.229 e. The lowest BCUT2D eigenvalue weighted by atomic mass is 9.97. The first kappa shape index (κ1) is 19.9. The number of carbonyl (C=O) groups is 1. The van der Waals surface area contributed by atoms with Crippen LogP contribution in [-0.4, -0.2) is 36.1 Å². The molecule has 1 fully saturated rings. The number of benzene rings is 2. The van der Waals surface area contributed by atoms with E-state index in [1.165, 1.54) is 0 Å². The van der Waals surface area contributed by atoms with E-state index in [-0.39, 0.29) is 11.8 Å². The Hall–Kier alpha value is -3.41. The Morgan fingerprint density at radius 2 is 1.97 bits per heavy atom. The van der Waals surface area contributed by atoms with Crippen LogP contribution in [0.3, 0.4) is 0 Å². The first-order valence-electron chi connectivity index (χ1n) is 10.2. The third-order valence-corrected chi connectivity index (χ3v) is 5.44. The summed E-state index contributed by atoms with van der Waals surface area (Å²) in [7, 11) is 1.65. The number of aryl methyl sites for hydroxylation is 1. The first-order chi connectivity index (χ1) is 14.6. The van der Waals surface area contributed by atoms with Gasteiger partial charge in [0.25, 0.3) is 0 Å². The van der Waals surface area contributed by atoms with Crippen molar-refractivity contribution in [2.75, 3.05) is 30.4 Å². The predicted octanol–water partition coefficient (Wildman–Crippen LogP) is 4.32. The van der Waals surface area contributed by atoms with Crippen molar-refractivity contribution in [1.82, 2.24) is 9.97 Å². The number of nitrogens with one attached hydrogen (secondary N) is 1. The normalized spacial score (nSPS) is 16.2. The van der Waals surface area contributed by atoms with Crippen molar-refractivity contribution < 1.29 is 9.53 Å². The number of methoxy groups -OCH3 is 1. The highest BCUT2D eigenvalue weighted by molar-refractivity contribution is 5.93. The second-order valence-electron chi connectivity index (χ2n) is 7.63. The van der Waals surface area contributed by atoms with E-state index < -0.39 is 0 Å². The van der Waals surface area contributed by atoms with Crippen LogP contribution in [0.15, 0.2) is 60.9 Å². The van der Waals surface area contributed by atoms with Gasteiger partial charge in [0.2, 0.25) is 5.91 Å². The van der Waals surface area contributed by atoms with Gasteiger partial charge in [-0.25, -0.2) is 9.97 Å². The number of carbonyl (C=O) groups excluding carboxylic acids is 1. The molecule has 1 aliphatic heterocycles. The van der Waals surface area contributed by atoms with Gasteiger partial charge in [0.05, 0.1) is 18.7 Å². The van der Waals surface area contributed by atoms with Crippen LogP contribution >= 0.6 is 0 Å². The Kier molecular flexibility index (Phi) is 5.93. The van der Waals surface area contributed by atoms with Crippen molar-refractivity contribution in [3.63, 3.8) is 0 Å². The minimum absolute atomic E-state index is 0.0646.